The minimum atomic E-state index is 0.248. The van der Waals surface area contributed by atoms with Crippen LogP contribution in [0.1, 0.15) is 30.0 Å². The normalized spacial score (nSPS) is 27.0. The number of hydrogen-bond donors (Lipinski definition) is 1. The first-order chi connectivity index (χ1) is 6.12. The summed E-state index contributed by atoms with van der Waals surface area (Å²) in [5.74, 6) is 0. The van der Waals surface area contributed by atoms with Gasteiger partial charge in [-0.3, -0.25) is 0 Å². The summed E-state index contributed by atoms with van der Waals surface area (Å²) in [4.78, 5) is 0. The topological polar surface area (TPSA) is 12.0 Å². The van der Waals surface area contributed by atoms with Crippen molar-refractivity contribution in [2.45, 2.75) is 32.7 Å². The lowest BCUT2D eigenvalue weighted by Crippen LogP contribution is -2.52. The summed E-state index contributed by atoms with van der Waals surface area (Å²) in [6, 6.07) is 6.73. The summed E-state index contributed by atoms with van der Waals surface area (Å²) < 4.78 is 0. The quantitative estimate of drug-likeness (QED) is 0.691. The number of nitrogens with one attached hydrogen (secondary N) is 1. The van der Waals surface area contributed by atoms with Gasteiger partial charge in [0.1, 0.15) is 0 Å². The molecule has 1 unspecified atom stereocenters. The Morgan fingerprint density at radius 3 is 2.46 bits per heavy atom. The van der Waals surface area contributed by atoms with Gasteiger partial charge in [0.2, 0.25) is 0 Å². The molecule has 1 heteroatoms. The van der Waals surface area contributed by atoms with Crippen LogP contribution in [0.2, 0.25) is 0 Å². The van der Waals surface area contributed by atoms with Crippen LogP contribution in [0.4, 0.5) is 0 Å². The molecule has 70 valence electrons. The summed E-state index contributed by atoms with van der Waals surface area (Å²) in [7, 11) is 0. The molecular formula is C12H17N. The molecule has 0 spiro atoms. The summed E-state index contributed by atoms with van der Waals surface area (Å²) in [6.07, 6.45) is 1.26. The molecule has 0 radical (unpaired) electrons. The molecule has 1 N–H and O–H groups in total. The molecule has 0 aromatic heterocycles. The van der Waals surface area contributed by atoms with Gasteiger partial charge in [-0.15, -0.1) is 0 Å². The molecule has 0 amide bonds. The Hall–Kier alpha value is -0.820. The number of hydrogen-bond acceptors (Lipinski definition) is 1. The standard InChI is InChI=1S/C12H17N/c1-9-4-5-11(10(2)8-9)12(3)6-7-13-12/h4-5,8,13H,6-7H2,1-3H3. The van der Waals surface area contributed by atoms with Crippen molar-refractivity contribution in [2.24, 2.45) is 0 Å². The second kappa shape index (κ2) is 2.85. The summed E-state index contributed by atoms with van der Waals surface area (Å²) >= 11 is 0. The Morgan fingerprint density at radius 1 is 1.31 bits per heavy atom. The molecule has 0 aliphatic carbocycles. The van der Waals surface area contributed by atoms with Crippen LogP contribution in [-0.4, -0.2) is 6.54 Å². The third kappa shape index (κ3) is 1.37. The van der Waals surface area contributed by atoms with Gasteiger partial charge in [-0.1, -0.05) is 23.8 Å². The molecule has 0 saturated carbocycles. The average molecular weight is 175 g/mol. The SMILES string of the molecule is Cc1ccc(C2(C)CCN2)c(C)c1. The first kappa shape index (κ1) is 8.76. The van der Waals surface area contributed by atoms with Crippen LogP contribution < -0.4 is 5.32 Å². The van der Waals surface area contributed by atoms with Gasteiger partial charge in [0, 0.05) is 5.54 Å². The smallest absolute Gasteiger partial charge is 0.0420 e. The zero-order chi connectivity index (χ0) is 9.47. The second-order valence-corrected chi connectivity index (χ2v) is 4.33. The summed E-state index contributed by atoms with van der Waals surface area (Å²) in [5.41, 5.74) is 4.47. The van der Waals surface area contributed by atoms with E-state index >= 15 is 0 Å². The van der Waals surface area contributed by atoms with Gasteiger partial charge in [-0.2, -0.15) is 0 Å². The van der Waals surface area contributed by atoms with Crippen LogP contribution in [0.3, 0.4) is 0 Å². The van der Waals surface area contributed by atoms with Crippen molar-refractivity contribution in [3.05, 3.63) is 34.9 Å². The van der Waals surface area contributed by atoms with Crippen LogP contribution in [0.5, 0.6) is 0 Å². The molecule has 2 rings (SSSR count). The maximum Gasteiger partial charge on any atom is 0.0420 e. The Labute approximate surface area is 80.2 Å². The highest BCUT2D eigenvalue weighted by Gasteiger charge is 2.33. The van der Waals surface area contributed by atoms with Crippen molar-refractivity contribution >= 4 is 0 Å². The van der Waals surface area contributed by atoms with Crippen LogP contribution in [0, 0.1) is 13.8 Å². The molecule has 1 aromatic rings. The fraction of sp³-hybridized carbons (Fsp3) is 0.500. The van der Waals surface area contributed by atoms with E-state index in [4.69, 9.17) is 0 Å². The molecule has 1 atom stereocenters. The highest BCUT2D eigenvalue weighted by molar-refractivity contribution is 5.36. The van der Waals surface area contributed by atoms with Gasteiger partial charge in [0.25, 0.3) is 0 Å². The zero-order valence-electron chi connectivity index (χ0n) is 8.65. The Balaban J connectivity index is 2.40. The van der Waals surface area contributed by atoms with E-state index in [0.29, 0.717) is 0 Å². The Morgan fingerprint density at radius 2 is 2.00 bits per heavy atom. The minimum Gasteiger partial charge on any atom is -0.307 e. The predicted octanol–water partition coefficient (Wildman–Crippen LogP) is 2.51. The number of benzene rings is 1. The van der Waals surface area contributed by atoms with Crippen molar-refractivity contribution in [1.82, 2.24) is 5.32 Å². The molecular weight excluding hydrogens is 158 g/mol. The third-order valence-electron chi connectivity index (χ3n) is 3.12. The maximum absolute atomic E-state index is 3.50. The minimum absolute atomic E-state index is 0.248. The van der Waals surface area contributed by atoms with E-state index in [9.17, 15) is 0 Å². The van der Waals surface area contributed by atoms with Crippen molar-refractivity contribution in [3.63, 3.8) is 0 Å². The molecule has 1 aliphatic rings. The average Bonchev–Trinajstić information content (AvgIpc) is 2.00. The van der Waals surface area contributed by atoms with Crippen molar-refractivity contribution in [1.29, 1.82) is 0 Å². The van der Waals surface area contributed by atoms with E-state index in [0.717, 1.165) is 6.54 Å². The van der Waals surface area contributed by atoms with E-state index in [2.05, 4.69) is 44.3 Å². The Kier molecular flexibility index (Phi) is 1.92. The number of aryl methyl sites for hydroxylation is 2. The van der Waals surface area contributed by atoms with Crippen molar-refractivity contribution in [3.8, 4) is 0 Å². The largest absolute Gasteiger partial charge is 0.307 e. The van der Waals surface area contributed by atoms with Crippen LogP contribution in [0.15, 0.2) is 18.2 Å². The molecule has 1 aliphatic heterocycles. The van der Waals surface area contributed by atoms with E-state index in [1.807, 2.05) is 0 Å². The summed E-state index contributed by atoms with van der Waals surface area (Å²) in [5, 5.41) is 3.50. The molecule has 1 aromatic carbocycles. The predicted molar refractivity (Wildman–Crippen MR) is 55.9 cm³/mol. The first-order valence-corrected chi connectivity index (χ1v) is 4.95. The molecule has 0 bridgehead atoms. The maximum atomic E-state index is 3.50. The van der Waals surface area contributed by atoms with E-state index < -0.39 is 0 Å². The van der Waals surface area contributed by atoms with Gasteiger partial charge in [-0.25, -0.2) is 0 Å². The summed E-state index contributed by atoms with van der Waals surface area (Å²) in [6.45, 7) is 7.79. The highest BCUT2D eigenvalue weighted by atomic mass is 15.0. The van der Waals surface area contributed by atoms with Crippen LogP contribution in [-0.2, 0) is 5.54 Å². The van der Waals surface area contributed by atoms with Crippen molar-refractivity contribution in [2.75, 3.05) is 6.54 Å². The zero-order valence-corrected chi connectivity index (χ0v) is 8.65. The molecule has 1 fully saturated rings. The number of rotatable bonds is 1. The fourth-order valence-electron chi connectivity index (χ4n) is 2.16. The van der Waals surface area contributed by atoms with Gasteiger partial charge in [0.15, 0.2) is 0 Å². The van der Waals surface area contributed by atoms with Crippen molar-refractivity contribution < 1.29 is 0 Å². The lowest BCUT2D eigenvalue weighted by atomic mass is 9.80. The molecule has 1 saturated heterocycles. The van der Waals surface area contributed by atoms with E-state index in [-0.39, 0.29) is 5.54 Å². The second-order valence-electron chi connectivity index (χ2n) is 4.33. The lowest BCUT2D eigenvalue weighted by molar-refractivity contribution is 0.235. The molecule has 13 heavy (non-hydrogen) atoms. The van der Waals surface area contributed by atoms with Crippen LogP contribution >= 0.6 is 0 Å². The lowest BCUT2D eigenvalue weighted by Gasteiger charge is -2.41. The molecule has 1 heterocycles. The molecule has 1 nitrogen and oxygen atoms in total. The van der Waals surface area contributed by atoms with Crippen LogP contribution in [0.25, 0.3) is 0 Å². The highest BCUT2D eigenvalue weighted by Crippen LogP contribution is 2.32. The van der Waals surface area contributed by atoms with Gasteiger partial charge < -0.3 is 5.32 Å². The van der Waals surface area contributed by atoms with Gasteiger partial charge >= 0.3 is 0 Å². The first-order valence-electron chi connectivity index (χ1n) is 4.95. The monoisotopic (exact) mass is 175 g/mol. The fourth-order valence-corrected chi connectivity index (χ4v) is 2.16. The van der Waals surface area contributed by atoms with Gasteiger partial charge in [-0.05, 0) is 44.9 Å². The third-order valence-corrected chi connectivity index (χ3v) is 3.12. The van der Waals surface area contributed by atoms with E-state index in [1.54, 1.807) is 0 Å². The van der Waals surface area contributed by atoms with Gasteiger partial charge in [0.05, 0.1) is 0 Å². The Bertz CT molecular complexity index is 324. The van der Waals surface area contributed by atoms with E-state index in [1.165, 1.54) is 23.1 Å².